The fourth-order valence-corrected chi connectivity index (χ4v) is 2.34. The monoisotopic (exact) mass is 301 g/mol. The highest BCUT2D eigenvalue weighted by Gasteiger charge is 2.17. The molecule has 2 N–H and O–H groups in total. The number of nitrogens with two attached hydrogens (primary N) is 1. The number of hydrogen-bond donors (Lipinski definition) is 1. The molecule has 2 aromatic carbocycles. The summed E-state index contributed by atoms with van der Waals surface area (Å²) in [6.45, 7) is 2.09. The van der Waals surface area contributed by atoms with Gasteiger partial charge in [-0.2, -0.15) is 4.98 Å². The van der Waals surface area contributed by atoms with Crippen LogP contribution in [0.2, 0.25) is 5.02 Å². The third-order valence-electron chi connectivity index (χ3n) is 3.64. The van der Waals surface area contributed by atoms with Crippen LogP contribution in [0.15, 0.2) is 46.9 Å². The number of fused-ring (bicyclic) bond motifs is 1. The zero-order valence-corrected chi connectivity index (χ0v) is 12.6. The summed E-state index contributed by atoms with van der Waals surface area (Å²) < 4.78 is 5.79. The van der Waals surface area contributed by atoms with Crippen LogP contribution < -0.4 is 10.6 Å². The van der Waals surface area contributed by atoms with E-state index in [4.69, 9.17) is 21.8 Å². The van der Waals surface area contributed by atoms with Crippen molar-refractivity contribution in [2.45, 2.75) is 13.0 Å². The highest BCUT2D eigenvalue weighted by atomic mass is 35.5. The van der Waals surface area contributed by atoms with E-state index in [-0.39, 0.29) is 6.04 Å². The largest absolute Gasteiger partial charge is 0.423 e. The van der Waals surface area contributed by atoms with Crippen LogP contribution >= 0.6 is 11.6 Å². The molecule has 0 aliphatic rings. The first-order valence-electron chi connectivity index (χ1n) is 6.69. The van der Waals surface area contributed by atoms with Gasteiger partial charge in [0.1, 0.15) is 5.52 Å². The van der Waals surface area contributed by atoms with Crippen molar-refractivity contribution in [2.24, 2.45) is 0 Å². The smallest absolute Gasteiger partial charge is 0.298 e. The Labute approximate surface area is 128 Å². The summed E-state index contributed by atoms with van der Waals surface area (Å²) in [7, 11) is 1.95. The zero-order chi connectivity index (χ0) is 15.0. The van der Waals surface area contributed by atoms with E-state index in [1.54, 1.807) is 6.07 Å². The quantitative estimate of drug-likeness (QED) is 0.734. The second kappa shape index (κ2) is 5.30. The Balaban J connectivity index is 1.91. The standard InChI is InChI=1S/C16H16ClN3O/c1-10(11-3-5-12(17)6-4-11)20(2)16-19-14-8-7-13(18)9-15(14)21-16/h3-10H,18H2,1-2H3. The molecule has 0 saturated heterocycles. The van der Waals surface area contributed by atoms with Crippen molar-refractivity contribution in [3.05, 3.63) is 53.1 Å². The molecular weight excluding hydrogens is 286 g/mol. The van der Waals surface area contributed by atoms with E-state index in [1.807, 2.05) is 48.3 Å². The van der Waals surface area contributed by atoms with Crippen LogP contribution in [-0.4, -0.2) is 12.0 Å². The zero-order valence-electron chi connectivity index (χ0n) is 11.9. The molecule has 0 radical (unpaired) electrons. The van der Waals surface area contributed by atoms with E-state index < -0.39 is 0 Å². The summed E-state index contributed by atoms with van der Waals surface area (Å²) in [4.78, 5) is 6.48. The average Bonchev–Trinajstić information content (AvgIpc) is 2.89. The van der Waals surface area contributed by atoms with Crippen molar-refractivity contribution in [1.29, 1.82) is 0 Å². The molecule has 3 rings (SSSR count). The Morgan fingerprint density at radius 3 is 2.62 bits per heavy atom. The maximum atomic E-state index is 5.92. The summed E-state index contributed by atoms with van der Waals surface area (Å²) >= 11 is 5.92. The van der Waals surface area contributed by atoms with Gasteiger partial charge in [0.25, 0.3) is 6.01 Å². The molecule has 1 atom stereocenters. The molecule has 4 nitrogen and oxygen atoms in total. The predicted molar refractivity (Wildman–Crippen MR) is 86.7 cm³/mol. The molecule has 0 spiro atoms. The van der Waals surface area contributed by atoms with Gasteiger partial charge in [0, 0.05) is 23.8 Å². The lowest BCUT2D eigenvalue weighted by Gasteiger charge is -2.23. The molecule has 0 amide bonds. The van der Waals surface area contributed by atoms with E-state index in [0.717, 1.165) is 16.1 Å². The minimum Gasteiger partial charge on any atom is -0.423 e. The Kier molecular flexibility index (Phi) is 3.47. The van der Waals surface area contributed by atoms with Crippen molar-refractivity contribution in [2.75, 3.05) is 17.7 Å². The van der Waals surface area contributed by atoms with Crippen molar-refractivity contribution < 1.29 is 4.42 Å². The van der Waals surface area contributed by atoms with Gasteiger partial charge in [0.05, 0.1) is 6.04 Å². The number of anilines is 2. The van der Waals surface area contributed by atoms with Crippen molar-refractivity contribution in [3.63, 3.8) is 0 Å². The van der Waals surface area contributed by atoms with Crippen LogP contribution in [-0.2, 0) is 0 Å². The van der Waals surface area contributed by atoms with Gasteiger partial charge >= 0.3 is 0 Å². The highest BCUT2D eigenvalue weighted by molar-refractivity contribution is 6.30. The van der Waals surface area contributed by atoms with Crippen LogP contribution in [0.5, 0.6) is 0 Å². The Morgan fingerprint density at radius 1 is 1.19 bits per heavy atom. The summed E-state index contributed by atoms with van der Waals surface area (Å²) in [5.41, 5.74) is 9.06. The third kappa shape index (κ3) is 2.67. The molecule has 3 aromatic rings. The fourth-order valence-electron chi connectivity index (χ4n) is 2.21. The molecular formula is C16H16ClN3O. The summed E-state index contributed by atoms with van der Waals surface area (Å²) in [5.74, 6) is 0. The van der Waals surface area contributed by atoms with Gasteiger partial charge < -0.3 is 15.1 Å². The van der Waals surface area contributed by atoms with E-state index in [9.17, 15) is 0 Å². The molecule has 0 aliphatic heterocycles. The molecule has 108 valence electrons. The van der Waals surface area contributed by atoms with Crippen LogP contribution in [0.3, 0.4) is 0 Å². The second-order valence-corrected chi connectivity index (χ2v) is 5.50. The first-order valence-corrected chi connectivity index (χ1v) is 7.07. The fraction of sp³-hybridized carbons (Fsp3) is 0.188. The molecule has 21 heavy (non-hydrogen) atoms. The Morgan fingerprint density at radius 2 is 1.90 bits per heavy atom. The first kappa shape index (κ1) is 13.8. The van der Waals surface area contributed by atoms with Gasteiger partial charge in [-0.3, -0.25) is 0 Å². The van der Waals surface area contributed by atoms with E-state index in [2.05, 4.69) is 11.9 Å². The van der Waals surface area contributed by atoms with Crippen LogP contribution in [0.25, 0.3) is 11.1 Å². The normalized spacial score (nSPS) is 12.5. The van der Waals surface area contributed by atoms with Gasteiger partial charge in [-0.05, 0) is 36.8 Å². The van der Waals surface area contributed by atoms with Crippen LogP contribution in [0.4, 0.5) is 11.7 Å². The SMILES string of the molecule is CC(c1ccc(Cl)cc1)N(C)c1nc2ccc(N)cc2o1. The Bertz CT molecular complexity index is 767. The van der Waals surface area contributed by atoms with Gasteiger partial charge in [0.15, 0.2) is 5.58 Å². The number of aromatic nitrogens is 1. The van der Waals surface area contributed by atoms with Crippen LogP contribution in [0.1, 0.15) is 18.5 Å². The van der Waals surface area contributed by atoms with Gasteiger partial charge in [-0.15, -0.1) is 0 Å². The van der Waals surface area contributed by atoms with Crippen molar-refractivity contribution >= 4 is 34.4 Å². The van der Waals surface area contributed by atoms with Crippen LogP contribution in [0, 0.1) is 0 Å². The molecule has 0 aliphatic carbocycles. The number of nitrogen functional groups attached to an aromatic ring is 1. The number of rotatable bonds is 3. The number of hydrogen-bond acceptors (Lipinski definition) is 4. The molecule has 0 bridgehead atoms. The maximum Gasteiger partial charge on any atom is 0.298 e. The predicted octanol–water partition coefficient (Wildman–Crippen LogP) is 4.26. The molecule has 0 saturated carbocycles. The molecule has 1 unspecified atom stereocenters. The molecule has 1 heterocycles. The van der Waals surface area contributed by atoms with E-state index >= 15 is 0 Å². The molecule has 5 heteroatoms. The minimum absolute atomic E-state index is 0.118. The number of nitrogens with zero attached hydrogens (tertiary/aromatic N) is 2. The number of halogens is 1. The lowest BCUT2D eigenvalue weighted by molar-refractivity contribution is 0.557. The van der Waals surface area contributed by atoms with Crippen molar-refractivity contribution in [1.82, 2.24) is 4.98 Å². The first-order chi connectivity index (χ1) is 10.0. The third-order valence-corrected chi connectivity index (χ3v) is 3.89. The van der Waals surface area contributed by atoms with E-state index in [1.165, 1.54) is 0 Å². The second-order valence-electron chi connectivity index (χ2n) is 5.06. The lowest BCUT2D eigenvalue weighted by Crippen LogP contribution is -2.21. The molecule has 1 aromatic heterocycles. The minimum atomic E-state index is 0.118. The summed E-state index contributed by atoms with van der Waals surface area (Å²) in [6.07, 6.45) is 0. The van der Waals surface area contributed by atoms with E-state index in [0.29, 0.717) is 17.3 Å². The molecule has 0 fully saturated rings. The highest BCUT2D eigenvalue weighted by Crippen LogP contribution is 2.29. The van der Waals surface area contributed by atoms with Gasteiger partial charge in [-0.25, -0.2) is 0 Å². The van der Waals surface area contributed by atoms with Gasteiger partial charge in [0.2, 0.25) is 0 Å². The summed E-state index contributed by atoms with van der Waals surface area (Å²) in [5, 5.41) is 0.728. The number of oxazole rings is 1. The lowest BCUT2D eigenvalue weighted by atomic mass is 10.1. The van der Waals surface area contributed by atoms with Gasteiger partial charge in [-0.1, -0.05) is 23.7 Å². The maximum absolute atomic E-state index is 5.92. The number of benzene rings is 2. The topological polar surface area (TPSA) is 55.3 Å². The summed E-state index contributed by atoms with van der Waals surface area (Å²) in [6, 6.07) is 13.9. The average molecular weight is 302 g/mol. The Hall–Kier alpha value is -2.20. The van der Waals surface area contributed by atoms with Crippen molar-refractivity contribution in [3.8, 4) is 0 Å².